The molecule has 0 radical (unpaired) electrons. The van der Waals surface area contributed by atoms with E-state index in [0.29, 0.717) is 11.4 Å². The van der Waals surface area contributed by atoms with E-state index in [9.17, 15) is 9.90 Å². The van der Waals surface area contributed by atoms with E-state index in [1.165, 1.54) is 0 Å². The second-order valence-corrected chi connectivity index (χ2v) is 6.12. The maximum absolute atomic E-state index is 11.6. The number of hydrogen-bond donors (Lipinski definition) is 1. The molecule has 21 heavy (non-hydrogen) atoms. The Bertz CT molecular complexity index is 512. The van der Waals surface area contributed by atoms with Gasteiger partial charge in [0, 0.05) is 18.3 Å². The summed E-state index contributed by atoms with van der Waals surface area (Å²) in [4.78, 5) is 18.5. The van der Waals surface area contributed by atoms with Crippen LogP contribution in [0.4, 0.5) is 5.82 Å². The predicted molar refractivity (Wildman–Crippen MR) is 85.2 cm³/mol. The fraction of sp³-hybridized carbons (Fsp3) is 0.647. The Hall–Kier alpha value is -1.58. The van der Waals surface area contributed by atoms with Crippen molar-refractivity contribution in [1.82, 2.24) is 4.98 Å². The van der Waals surface area contributed by atoms with Gasteiger partial charge in [0.15, 0.2) is 0 Å². The van der Waals surface area contributed by atoms with Gasteiger partial charge >= 0.3 is 5.97 Å². The molecule has 1 N–H and O–H groups in total. The van der Waals surface area contributed by atoms with Crippen LogP contribution in [0, 0.1) is 0 Å². The number of hydrogen-bond acceptors (Lipinski definition) is 3. The van der Waals surface area contributed by atoms with E-state index in [4.69, 9.17) is 4.98 Å². The molecule has 2 rings (SSSR count). The molecule has 0 atom stereocenters. The molecule has 0 aliphatic heterocycles. The van der Waals surface area contributed by atoms with Crippen molar-refractivity contribution in [2.24, 2.45) is 0 Å². The van der Waals surface area contributed by atoms with Crippen LogP contribution in [0.3, 0.4) is 0 Å². The van der Waals surface area contributed by atoms with Gasteiger partial charge < -0.3 is 10.0 Å². The predicted octanol–water partition coefficient (Wildman–Crippen LogP) is 3.67. The Morgan fingerprint density at radius 2 is 2.14 bits per heavy atom. The van der Waals surface area contributed by atoms with Crippen LogP contribution in [0.2, 0.25) is 0 Å². The number of aryl methyl sites for hydroxylation is 2. The molecule has 0 spiro atoms. The Kier molecular flexibility index (Phi) is 5.21. The third-order valence-electron chi connectivity index (χ3n) is 4.16. The number of carboxylic acid groups (broad SMARTS) is 1. The van der Waals surface area contributed by atoms with Gasteiger partial charge in [0.25, 0.3) is 0 Å². The molecule has 0 saturated heterocycles. The maximum Gasteiger partial charge on any atom is 0.339 e. The summed E-state index contributed by atoms with van der Waals surface area (Å²) in [6, 6.07) is 2.11. The monoisotopic (exact) mass is 290 g/mol. The largest absolute Gasteiger partial charge is 0.478 e. The van der Waals surface area contributed by atoms with Gasteiger partial charge in [-0.3, -0.25) is 0 Å². The molecule has 116 valence electrons. The molecular formula is C17H26N2O2. The quantitative estimate of drug-likeness (QED) is 0.778. The van der Waals surface area contributed by atoms with Crippen LogP contribution < -0.4 is 4.90 Å². The second kappa shape index (κ2) is 6.92. The highest BCUT2D eigenvalue weighted by molar-refractivity contribution is 5.93. The van der Waals surface area contributed by atoms with Crippen molar-refractivity contribution in [1.29, 1.82) is 0 Å². The molecular weight excluding hydrogens is 264 g/mol. The minimum atomic E-state index is -0.867. The van der Waals surface area contributed by atoms with Crippen molar-refractivity contribution in [2.45, 2.75) is 65.3 Å². The van der Waals surface area contributed by atoms with Crippen molar-refractivity contribution in [3.63, 3.8) is 0 Å². The SMILES string of the molecule is CCCCCN(c1nc2c(cc1C(=O)O)CCC2)C(C)C. The van der Waals surface area contributed by atoms with E-state index in [0.717, 1.165) is 56.3 Å². The summed E-state index contributed by atoms with van der Waals surface area (Å²) in [5.41, 5.74) is 2.57. The topological polar surface area (TPSA) is 53.4 Å². The number of rotatable bonds is 7. The number of nitrogens with zero attached hydrogens (tertiary/aromatic N) is 2. The van der Waals surface area contributed by atoms with Gasteiger partial charge in [0.1, 0.15) is 11.4 Å². The number of unbranched alkanes of at least 4 members (excludes halogenated alkanes) is 2. The first-order chi connectivity index (χ1) is 10.0. The first kappa shape index (κ1) is 15.8. The summed E-state index contributed by atoms with van der Waals surface area (Å²) in [5.74, 6) is -0.206. The van der Waals surface area contributed by atoms with Gasteiger partial charge in [-0.15, -0.1) is 0 Å². The van der Waals surface area contributed by atoms with Crippen LogP contribution in [0.15, 0.2) is 6.07 Å². The zero-order valence-electron chi connectivity index (χ0n) is 13.4. The molecule has 1 aliphatic carbocycles. The van der Waals surface area contributed by atoms with E-state index >= 15 is 0 Å². The van der Waals surface area contributed by atoms with Crippen molar-refractivity contribution in [2.75, 3.05) is 11.4 Å². The van der Waals surface area contributed by atoms with Crippen LogP contribution in [-0.2, 0) is 12.8 Å². The molecule has 0 unspecified atom stereocenters. The molecule has 1 heterocycles. The average Bonchev–Trinajstić information content (AvgIpc) is 2.89. The number of anilines is 1. The van der Waals surface area contributed by atoms with Crippen molar-refractivity contribution >= 4 is 11.8 Å². The lowest BCUT2D eigenvalue weighted by molar-refractivity contribution is 0.0697. The van der Waals surface area contributed by atoms with Gasteiger partial charge in [-0.1, -0.05) is 19.8 Å². The van der Waals surface area contributed by atoms with Crippen LogP contribution in [0.5, 0.6) is 0 Å². The molecule has 0 amide bonds. The van der Waals surface area contributed by atoms with Crippen LogP contribution in [-0.4, -0.2) is 28.6 Å². The number of pyridine rings is 1. The van der Waals surface area contributed by atoms with E-state index in [1.807, 2.05) is 6.07 Å². The van der Waals surface area contributed by atoms with E-state index in [2.05, 4.69) is 25.7 Å². The molecule has 4 nitrogen and oxygen atoms in total. The number of aromatic carboxylic acids is 1. The molecule has 1 aromatic rings. The fourth-order valence-electron chi connectivity index (χ4n) is 2.98. The Labute approximate surface area is 127 Å². The lowest BCUT2D eigenvalue weighted by atomic mass is 10.1. The summed E-state index contributed by atoms with van der Waals surface area (Å²) in [6.07, 6.45) is 6.42. The Morgan fingerprint density at radius 1 is 1.38 bits per heavy atom. The lowest BCUT2D eigenvalue weighted by Crippen LogP contribution is -2.34. The Morgan fingerprint density at radius 3 is 2.76 bits per heavy atom. The minimum Gasteiger partial charge on any atom is -0.478 e. The van der Waals surface area contributed by atoms with E-state index in [1.54, 1.807) is 0 Å². The first-order valence-electron chi connectivity index (χ1n) is 8.07. The summed E-state index contributed by atoms with van der Waals surface area (Å²) >= 11 is 0. The molecule has 0 bridgehead atoms. The normalized spacial score (nSPS) is 13.5. The molecule has 0 aromatic carbocycles. The third kappa shape index (κ3) is 3.55. The zero-order valence-corrected chi connectivity index (χ0v) is 13.4. The fourth-order valence-corrected chi connectivity index (χ4v) is 2.98. The number of carbonyl (C=O) groups is 1. The van der Waals surface area contributed by atoms with Crippen molar-refractivity contribution in [3.8, 4) is 0 Å². The maximum atomic E-state index is 11.6. The van der Waals surface area contributed by atoms with Gasteiger partial charge in [-0.25, -0.2) is 9.78 Å². The standard InChI is InChI=1S/C17H26N2O2/c1-4-5-6-10-19(12(2)3)16-14(17(20)21)11-13-8-7-9-15(13)18-16/h11-12H,4-10H2,1-3H3,(H,20,21). The van der Waals surface area contributed by atoms with Crippen LogP contribution >= 0.6 is 0 Å². The van der Waals surface area contributed by atoms with Gasteiger partial charge in [-0.05, 0) is 51.2 Å². The average molecular weight is 290 g/mol. The first-order valence-corrected chi connectivity index (χ1v) is 8.07. The van der Waals surface area contributed by atoms with Crippen molar-refractivity contribution in [3.05, 3.63) is 22.9 Å². The molecule has 4 heteroatoms. The number of fused-ring (bicyclic) bond motifs is 1. The summed E-state index contributed by atoms with van der Waals surface area (Å²) in [6.45, 7) is 7.26. The third-order valence-corrected chi connectivity index (χ3v) is 4.16. The van der Waals surface area contributed by atoms with Crippen molar-refractivity contribution < 1.29 is 9.90 Å². The molecule has 1 aliphatic rings. The second-order valence-electron chi connectivity index (χ2n) is 6.12. The Balaban J connectivity index is 2.36. The summed E-state index contributed by atoms with van der Waals surface area (Å²) in [5, 5.41) is 9.53. The van der Waals surface area contributed by atoms with Crippen LogP contribution in [0.25, 0.3) is 0 Å². The highest BCUT2D eigenvalue weighted by Crippen LogP contribution is 2.28. The zero-order chi connectivity index (χ0) is 15.4. The van der Waals surface area contributed by atoms with E-state index < -0.39 is 5.97 Å². The summed E-state index contributed by atoms with van der Waals surface area (Å²) < 4.78 is 0. The molecule has 1 aromatic heterocycles. The van der Waals surface area contributed by atoms with Gasteiger partial charge in [0.2, 0.25) is 0 Å². The summed E-state index contributed by atoms with van der Waals surface area (Å²) in [7, 11) is 0. The number of aromatic nitrogens is 1. The van der Waals surface area contributed by atoms with Crippen LogP contribution in [0.1, 0.15) is 68.1 Å². The highest BCUT2D eigenvalue weighted by Gasteiger charge is 2.24. The number of carboxylic acids is 1. The molecule has 0 saturated carbocycles. The smallest absolute Gasteiger partial charge is 0.339 e. The van der Waals surface area contributed by atoms with Gasteiger partial charge in [0.05, 0.1) is 0 Å². The highest BCUT2D eigenvalue weighted by atomic mass is 16.4. The molecule has 0 fully saturated rings. The van der Waals surface area contributed by atoms with E-state index in [-0.39, 0.29) is 6.04 Å². The van der Waals surface area contributed by atoms with Gasteiger partial charge in [-0.2, -0.15) is 0 Å². The lowest BCUT2D eigenvalue weighted by Gasteiger charge is -2.29. The minimum absolute atomic E-state index is 0.256.